The summed E-state index contributed by atoms with van der Waals surface area (Å²) in [4.78, 5) is 21.6. The Morgan fingerprint density at radius 1 is 0.741 bits per heavy atom. The van der Waals surface area contributed by atoms with Crippen molar-refractivity contribution in [2.75, 3.05) is 18.1 Å². The van der Waals surface area contributed by atoms with E-state index in [0.717, 1.165) is 5.75 Å². The van der Waals surface area contributed by atoms with Crippen molar-refractivity contribution in [1.82, 2.24) is 0 Å². The smallest absolute Gasteiger partial charge is 0.394 e. The molecule has 0 aliphatic heterocycles. The van der Waals surface area contributed by atoms with E-state index in [1.54, 1.807) is 11.8 Å². The van der Waals surface area contributed by atoms with Crippen molar-refractivity contribution in [1.29, 1.82) is 0 Å². The fourth-order valence-electron chi connectivity index (χ4n) is 2.67. The summed E-state index contributed by atoms with van der Waals surface area (Å²) in [7, 11) is -4.64. The van der Waals surface area contributed by atoms with Crippen LogP contribution in [0, 0.1) is 0 Å². The van der Waals surface area contributed by atoms with Crippen LogP contribution < -0.4 is 0 Å². The van der Waals surface area contributed by atoms with Crippen LogP contribution in [0.15, 0.2) is 0 Å². The first-order valence-corrected chi connectivity index (χ1v) is 13.2. The molecule has 0 amide bonds. The van der Waals surface area contributed by atoms with Gasteiger partial charge in [0.15, 0.2) is 0 Å². The summed E-state index contributed by atoms with van der Waals surface area (Å²) in [6.07, 6.45) is 19.0. The third-order valence-corrected chi connectivity index (χ3v) is 5.36. The number of phosphoric acid groups is 1. The second-order valence-corrected chi connectivity index (χ2v) is 9.20. The Balaban J connectivity index is 0. The molecule has 0 aromatic heterocycles. The van der Waals surface area contributed by atoms with E-state index >= 15 is 0 Å². The molecular weight excluding hydrogens is 387 g/mol. The average Bonchev–Trinajstić information content (AvgIpc) is 2.59. The van der Waals surface area contributed by atoms with E-state index in [9.17, 15) is 5.11 Å². The molecule has 0 aromatic rings. The highest BCUT2D eigenvalue weighted by Gasteiger charge is 2.01. The van der Waals surface area contributed by atoms with Gasteiger partial charge in [0, 0.05) is 5.75 Å². The molecule has 27 heavy (non-hydrogen) atoms. The molecule has 0 bridgehead atoms. The molecule has 0 saturated carbocycles. The van der Waals surface area contributed by atoms with E-state index < -0.39 is 13.9 Å². The number of aliphatic hydroxyl groups is 2. The Morgan fingerprint density at radius 2 is 1.07 bits per heavy atom. The Hall–Kier alpha value is 0.380. The van der Waals surface area contributed by atoms with Crippen LogP contribution in [0.25, 0.3) is 0 Å². The highest BCUT2D eigenvalue weighted by molar-refractivity contribution is 7.99. The average molecular weight is 431 g/mol. The van der Waals surface area contributed by atoms with Gasteiger partial charge < -0.3 is 24.9 Å². The summed E-state index contributed by atoms with van der Waals surface area (Å²) >= 11 is 1.76. The lowest BCUT2D eigenvalue weighted by Gasteiger charge is -2.06. The number of aliphatic hydroxyl groups excluding tert-OH is 2. The molecule has 0 aromatic carbocycles. The summed E-state index contributed by atoms with van der Waals surface area (Å²) in [6, 6.07) is 0. The Kier molecular flexibility index (Phi) is 24.8. The Labute approximate surface area is 170 Å². The molecular formula is C19H43O6PS. The van der Waals surface area contributed by atoms with Crippen LogP contribution in [0.3, 0.4) is 0 Å². The monoisotopic (exact) mass is 430 g/mol. The number of rotatable bonds is 18. The van der Waals surface area contributed by atoms with Crippen molar-refractivity contribution in [2.24, 2.45) is 0 Å². The minimum atomic E-state index is -4.64. The fourth-order valence-corrected chi connectivity index (χ4v) is 3.62. The van der Waals surface area contributed by atoms with Crippen molar-refractivity contribution in [3.05, 3.63) is 0 Å². The zero-order valence-electron chi connectivity index (χ0n) is 17.1. The minimum absolute atomic E-state index is 0.105. The van der Waals surface area contributed by atoms with Gasteiger partial charge in [-0.05, 0) is 12.2 Å². The molecule has 0 radical (unpaired) electrons. The van der Waals surface area contributed by atoms with E-state index in [1.807, 2.05) is 0 Å². The van der Waals surface area contributed by atoms with E-state index in [-0.39, 0.29) is 6.61 Å². The quantitative estimate of drug-likeness (QED) is 0.159. The highest BCUT2D eigenvalue weighted by atomic mass is 32.2. The summed E-state index contributed by atoms with van der Waals surface area (Å²) < 4.78 is 8.88. The number of unbranched alkanes of at least 4 members (excludes halogenated alkanes) is 13. The van der Waals surface area contributed by atoms with Crippen LogP contribution in [-0.2, 0) is 4.57 Å². The fraction of sp³-hybridized carbons (Fsp3) is 1.00. The SMILES string of the molecule is CCCCCCCCCCCCCCCCSCC(O)CO.O=P(O)(O)O. The minimum Gasteiger partial charge on any atom is -0.394 e. The van der Waals surface area contributed by atoms with Crippen LogP contribution in [0.2, 0.25) is 0 Å². The molecule has 0 heterocycles. The largest absolute Gasteiger partial charge is 0.466 e. The predicted octanol–water partition coefficient (Wildman–Crippen LogP) is 4.63. The van der Waals surface area contributed by atoms with Gasteiger partial charge in [-0.3, -0.25) is 0 Å². The van der Waals surface area contributed by atoms with E-state index in [0.29, 0.717) is 5.75 Å². The zero-order chi connectivity index (χ0) is 20.8. The summed E-state index contributed by atoms with van der Waals surface area (Å²) in [5, 5.41) is 17.9. The van der Waals surface area contributed by atoms with Crippen LogP contribution in [0.1, 0.15) is 96.8 Å². The standard InChI is InChI=1S/C19H40O2S.H3O4P/c1-2-3-4-5-6-7-8-9-10-11-12-13-14-15-16-22-18-19(21)17-20;1-5(2,3)4/h19-21H,2-18H2,1H3;(H3,1,2,3,4). The molecule has 0 rings (SSSR count). The topological polar surface area (TPSA) is 118 Å². The van der Waals surface area contributed by atoms with Gasteiger partial charge in [0.1, 0.15) is 0 Å². The molecule has 5 N–H and O–H groups in total. The van der Waals surface area contributed by atoms with Gasteiger partial charge in [-0.15, -0.1) is 0 Å². The van der Waals surface area contributed by atoms with Crippen LogP contribution in [-0.4, -0.2) is 49.1 Å². The maximum Gasteiger partial charge on any atom is 0.466 e. The van der Waals surface area contributed by atoms with Gasteiger partial charge in [0.2, 0.25) is 0 Å². The van der Waals surface area contributed by atoms with Crippen LogP contribution >= 0.6 is 19.6 Å². The number of hydrogen-bond acceptors (Lipinski definition) is 4. The second kappa shape index (κ2) is 22.7. The number of hydrogen-bond donors (Lipinski definition) is 5. The third-order valence-electron chi connectivity index (χ3n) is 4.16. The first-order chi connectivity index (χ1) is 12.8. The summed E-state index contributed by atoms with van der Waals surface area (Å²) in [5.74, 6) is 1.80. The molecule has 0 aliphatic rings. The van der Waals surface area contributed by atoms with Gasteiger partial charge in [-0.25, -0.2) is 4.57 Å². The van der Waals surface area contributed by atoms with Gasteiger partial charge in [0.05, 0.1) is 12.7 Å². The highest BCUT2D eigenvalue weighted by Crippen LogP contribution is 2.25. The maximum absolute atomic E-state index is 9.20. The molecule has 0 aliphatic carbocycles. The van der Waals surface area contributed by atoms with E-state index in [2.05, 4.69) is 6.92 Å². The second-order valence-electron chi connectivity index (χ2n) is 7.02. The molecule has 0 fully saturated rings. The first kappa shape index (κ1) is 29.6. The maximum atomic E-state index is 9.20. The Bertz CT molecular complexity index is 319. The van der Waals surface area contributed by atoms with Crippen molar-refractivity contribution >= 4 is 19.6 Å². The van der Waals surface area contributed by atoms with Gasteiger partial charge in [0.25, 0.3) is 0 Å². The molecule has 0 spiro atoms. The van der Waals surface area contributed by atoms with Crippen molar-refractivity contribution < 1.29 is 29.5 Å². The zero-order valence-corrected chi connectivity index (χ0v) is 18.8. The Morgan fingerprint density at radius 3 is 1.41 bits per heavy atom. The van der Waals surface area contributed by atoms with Gasteiger partial charge in [-0.1, -0.05) is 90.4 Å². The first-order valence-electron chi connectivity index (χ1n) is 10.5. The van der Waals surface area contributed by atoms with Gasteiger partial charge >= 0.3 is 7.82 Å². The lowest BCUT2D eigenvalue weighted by molar-refractivity contribution is 0.113. The van der Waals surface area contributed by atoms with Crippen LogP contribution in [0.5, 0.6) is 0 Å². The third kappa shape index (κ3) is 37.8. The summed E-state index contributed by atoms with van der Waals surface area (Å²) in [6.45, 7) is 2.17. The van der Waals surface area contributed by atoms with E-state index in [1.165, 1.54) is 89.9 Å². The van der Waals surface area contributed by atoms with Crippen molar-refractivity contribution in [3.8, 4) is 0 Å². The van der Waals surface area contributed by atoms with Gasteiger partial charge in [-0.2, -0.15) is 11.8 Å². The van der Waals surface area contributed by atoms with Crippen LogP contribution in [0.4, 0.5) is 0 Å². The molecule has 6 nitrogen and oxygen atoms in total. The molecule has 1 atom stereocenters. The lowest BCUT2D eigenvalue weighted by atomic mass is 10.0. The van der Waals surface area contributed by atoms with E-state index in [4.69, 9.17) is 24.4 Å². The number of thioether (sulfide) groups is 1. The molecule has 166 valence electrons. The molecule has 0 saturated heterocycles. The normalized spacial score (nSPS) is 12.5. The van der Waals surface area contributed by atoms with Crippen molar-refractivity contribution in [2.45, 2.75) is 103 Å². The molecule has 1 unspecified atom stereocenters. The predicted molar refractivity (Wildman–Crippen MR) is 115 cm³/mol. The van der Waals surface area contributed by atoms with Crippen molar-refractivity contribution in [3.63, 3.8) is 0 Å². The molecule has 8 heteroatoms. The lowest BCUT2D eigenvalue weighted by Crippen LogP contribution is -2.14. The summed E-state index contributed by atoms with van der Waals surface area (Å²) in [5.41, 5.74) is 0.